The Morgan fingerprint density at radius 1 is 0.519 bits per heavy atom. The summed E-state index contributed by atoms with van der Waals surface area (Å²) in [6.07, 6.45) is 1.75. The largest absolute Gasteiger partial charge is 0.394 e. The fourth-order valence-electron chi connectivity index (χ4n) is 2.10. The maximum Gasteiger partial charge on any atom is 0.0701 e. The first kappa shape index (κ1) is 26.6. The van der Waals surface area contributed by atoms with Gasteiger partial charge < -0.3 is 40.3 Å². The van der Waals surface area contributed by atoms with Crippen LogP contribution in [0.3, 0.4) is 0 Å². The van der Waals surface area contributed by atoms with Gasteiger partial charge in [-0.15, -0.1) is 0 Å². The maximum absolute atomic E-state index is 8.77. The molecule has 0 fully saturated rings. The fraction of sp³-hybridized carbons (Fsp3) is 1.00. The Hall–Kier alpha value is -0.360. The molecule has 0 spiro atoms. The third-order valence-corrected chi connectivity index (χ3v) is 3.62. The van der Waals surface area contributed by atoms with Gasteiger partial charge in [-0.05, 0) is 25.9 Å². The third-order valence-electron chi connectivity index (χ3n) is 3.62. The van der Waals surface area contributed by atoms with E-state index in [1.165, 1.54) is 0 Å². The van der Waals surface area contributed by atoms with Crippen LogP contribution < -0.4 is 11.5 Å². The van der Waals surface area contributed by atoms with Crippen LogP contribution in [0.4, 0.5) is 0 Å². The van der Waals surface area contributed by atoms with Crippen LogP contribution in [0.2, 0.25) is 0 Å². The van der Waals surface area contributed by atoms with Crippen LogP contribution in [-0.4, -0.2) is 115 Å². The molecule has 0 atom stereocenters. The third kappa shape index (κ3) is 21.8. The minimum Gasteiger partial charge on any atom is -0.394 e. The van der Waals surface area contributed by atoms with Crippen LogP contribution in [-0.2, 0) is 23.7 Å². The predicted molar refractivity (Wildman–Crippen MR) is 105 cm³/mol. The zero-order valence-electron chi connectivity index (χ0n) is 16.8. The standard InChI is InChI=1S/C18H41N3O6/c19-3-1-9-23-15-17-26-12-6-21(5-11-25-14-8-22)7-13-27-18-16-24-10-2-4-20/h22H,1-20H2. The Labute approximate surface area is 164 Å². The van der Waals surface area contributed by atoms with Gasteiger partial charge in [-0.1, -0.05) is 0 Å². The molecule has 5 N–H and O–H groups in total. The van der Waals surface area contributed by atoms with Gasteiger partial charge in [0, 0.05) is 32.8 Å². The molecule has 0 radical (unpaired) electrons. The van der Waals surface area contributed by atoms with E-state index >= 15 is 0 Å². The second-order valence-corrected chi connectivity index (χ2v) is 5.91. The number of hydrogen-bond donors (Lipinski definition) is 3. The molecule has 27 heavy (non-hydrogen) atoms. The lowest BCUT2D eigenvalue weighted by atomic mass is 10.4. The van der Waals surface area contributed by atoms with Gasteiger partial charge in [0.1, 0.15) is 0 Å². The minimum atomic E-state index is 0.0422. The minimum absolute atomic E-state index is 0.0422. The summed E-state index contributed by atoms with van der Waals surface area (Å²) in [5.74, 6) is 0. The van der Waals surface area contributed by atoms with E-state index in [9.17, 15) is 0 Å². The first-order chi connectivity index (χ1) is 13.3. The van der Waals surface area contributed by atoms with E-state index < -0.39 is 0 Å². The summed E-state index contributed by atoms with van der Waals surface area (Å²) in [6, 6.07) is 0. The molecule has 0 rings (SSSR count). The molecule has 0 aromatic carbocycles. The lowest BCUT2D eigenvalue weighted by Crippen LogP contribution is -2.34. The Morgan fingerprint density at radius 3 is 1.26 bits per heavy atom. The highest BCUT2D eigenvalue weighted by Gasteiger charge is 2.05. The fourth-order valence-corrected chi connectivity index (χ4v) is 2.10. The quantitative estimate of drug-likeness (QED) is 0.188. The molecule has 0 unspecified atom stereocenters. The maximum atomic E-state index is 8.77. The summed E-state index contributed by atoms with van der Waals surface area (Å²) in [7, 11) is 0. The second kappa shape index (κ2) is 23.7. The molecule has 0 aliphatic carbocycles. The van der Waals surface area contributed by atoms with E-state index in [0.29, 0.717) is 79.2 Å². The SMILES string of the molecule is NCCCOCCOCCN(CCOCCO)CCOCCOCCCN. The van der Waals surface area contributed by atoms with Gasteiger partial charge in [0.15, 0.2) is 0 Å². The molecule has 9 heteroatoms. The summed E-state index contributed by atoms with van der Waals surface area (Å²) in [6.45, 7) is 9.59. The molecule has 0 aromatic rings. The van der Waals surface area contributed by atoms with Gasteiger partial charge in [-0.3, -0.25) is 4.90 Å². The van der Waals surface area contributed by atoms with E-state index in [1.54, 1.807) is 0 Å². The first-order valence-electron chi connectivity index (χ1n) is 9.97. The van der Waals surface area contributed by atoms with Crippen LogP contribution in [0, 0.1) is 0 Å². The predicted octanol–water partition coefficient (Wildman–Crippen LogP) is -0.939. The van der Waals surface area contributed by atoms with Crippen molar-refractivity contribution in [3.63, 3.8) is 0 Å². The van der Waals surface area contributed by atoms with Crippen molar-refractivity contribution in [1.29, 1.82) is 0 Å². The number of nitrogens with zero attached hydrogens (tertiary/aromatic N) is 1. The summed E-state index contributed by atoms with van der Waals surface area (Å²) in [5.41, 5.74) is 10.8. The van der Waals surface area contributed by atoms with Crippen molar-refractivity contribution in [1.82, 2.24) is 4.90 Å². The van der Waals surface area contributed by atoms with E-state index in [0.717, 1.165) is 32.5 Å². The second-order valence-electron chi connectivity index (χ2n) is 5.91. The van der Waals surface area contributed by atoms with Gasteiger partial charge in [0.25, 0.3) is 0 Å². The topological polar surface area (TPSA) is 122 Å². The van der Waals surface area contributed by atoms with Crippen LogP contribution in [0.5, 0.6) is 0 Å². The monoisotopic (exact) mass is 395 g/mol. The van der Waals surface area contributed by atoms with Crippen molar-refractivity contribution in [2.45, 2.75) is 12.8 Å². The molecule has 0 aliphatic heterocycles. The average molecular weight is 396 g/mol. The van der Waals surface area contributed by atoms with Gasteiger partial charge >= 0.3 is 0 Å². The van der Waals surface area contributed by atoms with Gasteiger partial charge in [-0.2, -0.15) is 0 Å². The summed E-state index contributed by atoms with van der Waals surface area (Å²) >= 11 is 0. The molecular weight excluding hydrogens is 354 g/mol. The lowest BCUT2D eigenvalue weighted by Gasteiger charge is -2.22. The van der Waals surface area contributed by atoms with Crippen molar-refractivity contribution in [2.75, 3.05) is 105 Å². The normalized spacial score (nSPS) is 11.6. The number of hydrogen-bond acceptors (Lipinski definition) is 9. The molecule has 0 heterocycles. The highest BCUT2D eigenvalue weighted by molar-refractivity contribution is 4.57. The Morgan fingerprint density at radius 2 is 0.889 bits per heavy atom. The zero-order valence-corrected chi connectivity index (χ0v) is 16.8. The molecule has 9 nitrogen and oxygen atoms in total. The van der Waals surface area contributed by atoms with Gasteiger partial charge in [0.2, 0.25) is 0 Å². The molecule has 0 amide bonds. The zero-order chi connectivity index (χ0) is 19.8. The van der Waals surface area contributed by atoms with Gasteiger partial charge in [-0.25, -0.2) is 0 Å². The molecule has 0 aromatic heterocycles. The number of aliphatic hydroxyl groups is 1. The number of rotatable bonds is 23. The first-order valence-corrected chi connectivity index (χ1v) is 9.97. The number of nitrogens with two attached hydrogens (primary N) is 2. The van der Waals surface area contributed by atoms with Crippen molar-refractivity contribution in [3.05, 3.63) is 0 Å². The molecule has 0 aliphatic rings. The van der Waals surface area contributed by atoms with Crippen molar-refractivity contribution in [2.24, 2.45) is 11.5 Å². The molecular formula is C18H41N3O6. The van der Waals surface area contributed by atoms with Crippen LogP contribution >= 0.6 is 0 Å². The lowest BCUT2D eigenvalue weighted by molar-refractivity contribution is 0.0151. The van der Waals surface area contributed by atoms with Crippen LogP contribution in [0.25, 0.3) is 0 Å². The van der Waals surface area contributed by atoms with Crippen molar-refractivity contribution in [3.8, 4) is 0 Å². The van der Waals surface area contributed by atoms with E-state index in [2.05, 4.69) is 4.90 Å². The van der Waals surface area contributed by atoms with E-state index in [1.807, 2.05) is 0 Å². The highest BCUT2D eigenvalue weighted by Crippen LogP contribution is 1.92. The Bertz CT molecular complexity index is 257. The van der Waals surface area contributed by atoms with Crippen molar-refractivity contribution < 1.29 is 28.8 Å². The number of ether oxygens (including phenoxy) is 5. The van der Waals surface area contributed by atoms with E-state index in [4.69, 9.17) is 40.3 Å². The molecule has 0 bridgehead atoms. The smallest absolute Gasteiger partial charge is 0.0701 e. The molecule has 164 valence electrons. The summed E-state index contributed by atoms with van der Waals surface area (Å²) < 4.78 is 27.4. The molecule has 0 saturated carbocycles. The average Bonchev–Trinajstić information content (AvgIpc) is 2.68. The van der Waals surface area contributed by atoms with Crippen LogP contribution in [0.15, 0.2) is 0 Å². The van der Waals surface area contributed by atoms with Crippen molar-refractivity contribution >= 4 is 0 Å². The number of aliphatic hydroxyl groups excluding tert-OH is 1. The highest BCUT2D eigenvalue weighted by atomic mass is 16.5. The van der Waals surface area contributed by atoms with Crippen LogP contribution in [0.1, 0.15) is 12.8 Å². The summed E-state index contributed by atoms with van der Waals surface area (Å²) in [4.78, 5) is 2.22. The Balaban J connectivity index is 3.70. The summed E-state index contributed by atoms with van der Waals surface area (Å²) in [5, 5.41) is 8.77. The van der Waals surface area contributed by atoms with Gasteiger partial charge in [0.05, 0.1) is 59.5 Å². The molecule has 0 saturated heterocycles. The van der Waals surface area contributed by atoms with E-state index in [-0.39, 0.29) is 6.61 Å². The Kier molecular flexibility index (Phi) is 23.4.